The molecule has 0 bridgehead atoms. The average Bonchev–Trinajstić information content (AvgIpc) is 2.65. The first-order valence-electron chi connectivity index (χ1n) is 8.55. The molecule has 5 heteroatoms. The van der Waals surface area contributed by atoms with Crippen LogP contribution in [0.5, 0.6) is 11.5 Å². The normalized spacial score (nSPS) is 16.5. The number of fused-ring (bicyclic) bond motifs is 1. The Bertz CT molecular complexity index is 847. The molecule has 1 aliphatic rings. The molecule has 0 radical (unpaired) electrons. The van der Waals surface area contributed by atoms with E-state index in [9.17, 15) is 9.18 Å². The highest BCUT2D eigenvalue weighted by Crippen LogP contribution is 2.32. The molecule has 1 amide bonds. The van der Waals surface area contributed by atoms with Crippen LogP contribution >= 0.6 is 0 Å². The number of aryl methyl sites for hydroxylation is 1. The molecule has 2 aromatic rings. The van der Waals surface area contributed by atoms with Crippen LogP contribution in [0.2, 0.25) is 0 Å². The summed E-state index contributed by atoms with van der Waals surface area (Å²) < 4.78 is 24.0. The van der Waals surface area contributed by atoms with Crippen molar-refractivity contribution in [2.45, 2.75) is 25.8 Å². The second-order valence-electron chi connectivity index (χ2n) is 6.32. The van der Waals surface area contributed by atoms with Crippen LogP contribution in [0, 0.1) is 5.82 Å². The third kappa shape index (κ3) is 3.57. The summed E-state index contributed by atoms with van der Waals surface area (Å²) in [7, 11) is 3.15. The van der Waals surface area contributed by atoms with Crippen LogP contribution in [-0.2, 0) is 11.2 Å². The molecule has 2 aromatic carbocycles. The summed E-state index contributed by atoms with van der Waals surface area (Å²) in [4.78, 5) is 14.5. The minimum atomic E-state index is -0.272. The summed E-state index contributed by atoms with van der Waals surface area (Å²) in [6.45, 7) is 2.01. The average molecular weight is 355 g/mol. The van der Waals surface area contributed by atoms with Gasteiger partial charge in [-0.3, -0.25) is 4.79 Å². The number of hydrogen-bond donors (Lipinski definition) is 0. The van der Waals surface area contributed by atoms with Crippen LogP contribution in [0.25, 0.3) is 6.08 Å². The summed E-state index contributed by atoms with van der Waals surface area (Å²) >= 11 is 0. The van der Waals surface area contributed by atoms with E-state index in [1.807, 2.05) is 19.1 Å². The van der Waals surface area contributed by atoms with Crippen molar-refractivity contribution in [1.29, 1.82) is 0 Å². The Labute approximate surface area is 152 Å². The van der Waals surface area contributed by atoms with Gasteiger partial charge in [0.25, 0.3) is 5.91 Å². The molecule has 0 spiro atoms. The summed E-state index contributed by atoms with van der Waals surface area (Å²) in [5.74, 6) is 0.845. The first kappa shape index (κ1) is 18.0. The SMILES string of the molecule is COc1ccc(C=CC(=O)N2c3ccc(F)cc3CCC2C)cc1OC. The van der Waals surface area contributed by atoms with Crippen molar-refractivity contribution in [3.63, 3.8) is 0 Å². The monoisotopic (exact) mass is 355 g/mol. The standard InChI is InChI=1S/C21H22FNO3/c1-14-4-7-16-13-17(22)8-9-18(16)23(14)21(24)11-6-15-5-10-19(25-2)20(12-15)26-3/h5-6,8-14H,4,7H2,1-3H3. The molecule has 1 aliphatic heterocycles. The molecule has 136 valence electrons. The van der Waals surface area contributed by atoms with Gasteiger partial charge in [0.05, 0.1) is 14.2 Å². The van der Waals surface area contributed by atoms with Gasteiger partial charge in [-0.15, -0.1) is 0 Å². The van der Waals surface area contributed by atoms with Gasteiger partial charge in [-0.2, -0.15) is 0 Å². The highest BCUT2D eigenvalue weighted by atomic mass is 19.1. The van der Waals surface area contributed by atoms with Crippen molar-refractivity contribution >= 4 is 17.7 Å². The summed E-state index contributed by atoms with van der Waals surface area (Å²) in [6.07, 6.45) is 4.87. The maximum Gasteiger partial charge on any atom is 0.251 e. The number of amides is 1. The predicted molar refractivity (Wildman–Crippen MR) is 100 cm³/mol. The van der Waals surface area contributed by atoms with Crippen molar-refractivity contribution in [3.8, 4) is 11.5 Å². The van der Waals surface area contributed by atoms with E-state index in [0.29, 0.717) is 11.5 Å². The van der Waals surface area contributed by atoms with Gasteiger partial charge in [0, 0.05) is 17.8 Å². The molecular weight excluding hydrogens is 333 g/mol. The van der Waals surface area contributed by atoms with E-state index in [1.165, 1.54) is 18.2 Å². The van der Waals surface area contributed by atoms with Crippen LogP contribution in [0.15, 0.2) is 42.5 Å². The lowest BCUT2D eigenvalue weighted by Crippen LogP contribution is -2.41. The van der Waals surface area contributed by atoms with E-state index < -0.39 is 0 Å². The predicted octanol–water partition coefficient (Wildman–Crippen LogP) is 4.22. The van der Waals surface area contributed by atoms with Crippen LogP contribution in [0.1, 0.15) is 24.5 Å². The Balaban J connectivity index is 1.85. The number of hydrogen-bond acceptors (Lipinski definition) is 3. The zero-order chi connectivity index (χ0) is 18.7. The maximum absolute atomic E-state index is 13.5. The number of rotatable bonds is 4. The fourth-order valence-electron chi connectivity index (χ4n) is 3.26. The van der Waals surface area contributed by atoms with E-state index in [2.05, 4.69) is 0 Å². The van der Waals surface area contributed by atoms with Gasteiger partial charge in [-0.25, -0.2) is 4.39 Å². The molecule has 0 aliphatic carbocycles. The van der Waals surface area contributed by atoms with Crippen LogP contribution in [0.4, 0.5) is 10.1 Å². The molecule has 26 heavy (non-hydrogen) atoms. The van der Waals surface area contributed by atoms with E-state index >= 15 is 0 Å². The second-order valence-corrected chi connectivity index (χ2v) is 6.32. The first-order chi connectivity index (χ1) is 12.5. The van der Waals surface area contributed by atoms with Crippen molar-refractivity contribution < 1.29 is 18.7 Å². The van der Waals surface area contributed by atoms with Crippen LogP contribution in [-0.4, -0.2) is 26.2 Å². The molecule has 1 unspecified atom stereocenters. The number of methoxy groups -OCH3 is 2. The van der Waals surface area contributed by atoms with E-state index in [4.69, 9.17) is 9.47 Å². The van der Waals surface area contributed by atoms with Gasteiger partial charge in [0.2, 0.25) is 0 Å². The molecule has 4 nitrogen and oxygen atoms in total. The van der Waals surface area contributed by atoms with Crippen LogP contribution < -0.4 is 14.4 Å². The lowest BCUT2D eigenvalue weighted by Gasteiger charge is -2.34. The number of ether oxygens (including phenoxy) is 2. The fourth-order valence-corrected chi connectivity index (χ4v) is 3.26. The number of nitrogens with zero attached hydrogens (tertiary/aromatic N) is 1. The Morgan fingerprint density at radius 2 is 1.92 bits per heavy atom. The Morgan fingerprint density at radius 3 is 2.65 bits per heavy atom. The van der Waals surface area contributed by atoms with E-state index in [0.717, 1.165) is 29.7 Å². The van der Waals surface area contributed by atoms with Crippen molar-refractivity contribution in [2.75, 3.05) is 19.1 Å². The van der Waals surface area contributed by atoms with Crippen molar-refractivity contribution in [2.24, 2.45) is 0 Å². The number of benzene rings is 2. The number of carbonyl (C=O) groups excluding carboxylic acids is 1. The van der Waals surface area contributed by atoms with Crippen molar-refractivity contribution in [1.82, 2.24) is 0 Å². The Hall–Kier alpha value is -2.82. The Morgan fingerprint density at radius 1 is 1.15 bits per heavy atom. The van der Waals surface area contributed by atoms with Gasteiger partial charge in [0.1, 0.15) is 5.82 Å². The highest BCUT2D eigenvalue weighted by molar-refractivity contribution is 6.05. The van der Waals surface area contributed by atoms with Crippen molar-refractivity contribution in [3.05, 3.63) is 59.4 Å². The van der Waals surface area contributed by atoms with Gasteiger partial charge >= 0.3 is 0 Å². The number of anilines is 1. The third-order valence-corrected chi connectivity index (χ3v) is 4.64. The topological polar surface area (TPSA) is 38.8 Å². The lowest BCUT2D eigenvalue weighted by molar-refractivity contribution is -0.114. The minimum absolute atomic E-state index is 0.0653. The largest absolute Gasteiger partial charge is 0.493 e. The molecular formula is C21H22FNO3. The third-order valence-electron chi connectivity index (χ3n) is 4.64. The molecule has 1 atom stereocenters. The molecule has 0 N–H and O–H groups in total. The maximum atomic E-state index is 13.5. The Kier molecular flexibility index (Phi) is 5.26. The fraction of sp³-hybridized carbons (Fsp3) is 0.286. The minimum Gasteiger partial charge on any atom is -0.493 e. The molecule has 0 aromatic heterocycles. The number of carbonyl (C=O) groups is 1. The smallest absolute Gasteiger partial charge is 0.251 e. The van der Waals surface area contributed by atoms with Crippen LogP contribution in [0.3, 0.4) is 0 Å². The van der Waals surface area contributed by atoms with E-state index in [-0.39, 0.29) is 17.8 Å². The zero-order valence-electron chi connectivity index (χ0n) is 15.2. The van der Waals surface area contributed by atoms with E-state index in [1.54, 1.807) is 37.3 Å². The quantitative estimate of drug-likeness (QED) is 0.771. The highest BCUT2D eigenvalue weighted by Gasteiger charge is 2.27. The summed E-state index contributed by atoms with van der Waals surface area (Å²) in [5, 5.41) is 0. The molecule has 0 saturated carbocycles. The van der Waals surface area contributed by atoms with Gasteiger partial charge in [-0.05, 0) is 67.3 Å². The van der Waals surface area contributed by atoms with Gasteiger partial charge in [-0.1, -0.05) is 6.07 Å². The van der Waals surface area contributed by atoms with Gasteiger partial charge < -0.3 is 14.4 Å². The molecule has 0 saturated heterocycles. The lowest BCUT2D eigenvalue weighted by atomic mass is 9.96. The summed E-state index contributed by atoms with van der Waals surface area (Å²) in [5.41, 5.74) is 2.49. The molecule has 3 rings (SSSR count). The molecule has 0 fully saturated rings. The second kappa shape index (κ2) is 7.60. The van der Waals surface area contributed by atoms with Gasteiger partial charge in [0.15, 0.2) is 11.5 Å². The summed E-state index contributed by atoms with van der Waals surface area (Å²) in [6, 6.07) is 10.1. The first-order valence-corrected chi connectivity index (χ1v) is 8.55. The number of halogens is 1. The zero-order valence-corrected chi connectivity index (χ0v) is 15.2. The molecule has 1 heterocycles.